The number of rotatable bonds is 5. The van der Waals surface area contributed by atoms with Gasteiger partial charge in [0.25, 0.3) is 11.8 Å². The molecule has 0 saturated carbocycles. The predicted octanol–water partition coefficient (Wildman–Crippen LogP) is 2.51. The average Bonchev–Trinajstić information content (AvgIpc) is 3.12. The number of piperidine rings is 1. The molecule has 0 radical (unpaired) electrons. The minimum atomic E-state index is -4.40. The van der Waals surface area contributed by atoms with Gasteiger partial charge in [-0.3, -0.25) is 24.5 Å². The lowest BCUT2D eigenvalue weighted by Gasteiger charge is -2.29. The van der Waals surface area contributed by atoms with Gasteiger partial charge >= 0.3 is 5.92 Å². The zero-order chi connectivity index (χ0) is 26.5. The number of hydrogen-bond acceptors (Lipinski definition) is 4. The summed E-state index contributed by atoms with van der Waals surface area (Å²) in [7, 11) is 0. The summed E-state index contributed by atoms with van der Waals surface area (Å²) in [5, 5.41) is 3.62. The fraction of sp³-hybridized carbons (Fsp3) is 0.273. The van der Waals surface area contributed by atoms with Crippen LogP contribution in [-0.2, 0) is 33.4 Å². The van der Waals surface area contributed by atoms with Crippen molar-refractivity contribution in [2.75, 3.05) is 0 Å². The second-order valence-electron chi connectivity index (χ2n) is 7.27. The molecule has 166 valence electrons. The first-order valence-electron chi connectivity index (χ1n) is 11.6. The predicted molar refractivity (Wildman–Crippen MR) is 110 cm³/mol. The van der Waals surface area contributed by atoms with Crippen LogP contribution in [0.5, 0.6) is 0 Å². The van der Waals surface area contributed by atoms with Crippen LogP contribution >= 0.6 is 11.6 Å². The van der Waals surface area contributed by atoms with Gasteiger partial charge in [0.15, 0.2) is 0 Å². The highest BCUT2D eigenvalue weighted by Gasteiger charge is 2.41. The van der Waals surface area contributed by atoms with Crippen molar-refractivity contribution in [1.29, 1.82) is 0 Å². The molecule has 2 heterocycles. The lowest BCUT2D eigenvalue weighted by molar-refractivity contribution is -0.147. The van der Waals surface area contributed by atoms with Crippen LogP contribution in [0.3, 0.4) is 0 Å². The van der Waals surface area contributed by atoms with Crippen molar-refractivity contribution in [3.8, 4) is 0 Å². The van der Waals surface area contributed by atoms with E-state index in [1.54, 1.807) is 0 Å². The van der Waals surface area contributed by atoms with Crippen molar-refractivity contribution in [2.24, 2.45) is 0 Å². The van der Waals surface area contributed by atoms with Crippen molar-refractivity contribution in [3.63, 3.8) is 0 Å². The lowest BCUT2D eigenvalue weighted by Crippen LogP contribution is -2.52. The number of nitrogens with zero attached hydrogens (tertiary/aromatic N) is 1. The molecule has 32 heavy (non-hydrogen) atoms. The third-order valence-corrected chi connectivity index (χ3v) is 5.37. The molecule has 0 spiro atoms. The van der Waals surface area contributed by atoms with Crippen LogP contribution in [0.15, 0.2) is 42.4 Å². The molecule has 2 unspecified atom stereocenters. The van der Waals surface area contributed by atoms with Gasteiger partial charge in [0.1, 0.15) is 6.04 Å². The maximum Gasteiger partial charge on any atom is 0.349 e. The number of imide groups is 1. The van der Waals surface area contributed by atoms with Crippen molar-refractivity contribution >= 4 is 35.2 Å². The van der Waals surface area contributed by atoms with Crippen molar-refractivity contribution in [2.45, 2.75) is 37.9 Å². The summed E-state index contributed by atoms with van der Waals surface area (Å²) >= 11 is 5.65. The number of hydrogen-bond donors (Lipinski definition) is 2. The molecule has 0 aromatic heterocycles. The highest BCUT2D eigenvalue weighted by Crippen LogP contribution is 2.30. The molecule has 4 amide bonds. The van der Waals surface area contributed by atoms with Crippen molar-refractivity contribution in [1.82, 2.24) is 15.5 Å². The summed E-state index contributed by atoms with van der Waals surface area (Å²) in [6, 6.07) is 1.20. The Balaban J connectivity index is 1.53. The Labute approximate surface area is 192 Å². The van der Waals surface area contributed by atoms with Crippen molar-refractivity contribution < 1.29 is 33.4 Å². The first kappa shape index (κ1) is 17.3. The molecule has 4 rings (SSSR count). The van der Waals surface area contributed by atoms with Gasteiger partial charge in [-0.25, -0.2) is 0 Å². The maximum atomic E-state index is 14.9. The molecule has 0 aliphatic carbocycles. The second kappa shape index (κ2) is 8.31. The van der Waals surface area contributed by atoms with Gasteiger partial charge in [-0.2, -0.15) is 8.78 Å². The zero-order valence-corrected chi connectivity index (χ0v) is 17.1. The van der Waals surface area contributed by atoms with Gasteiger partial charge < -0.3 is 10.2 Å². The number of carbonyl (C=O) groups excluding carboxylic acids is 4. The summed E-state index contributed by atoms with van der Waals surface area (Å²) < 4.78 is 60.9. The first-order chi connectivity index (χ1) is 16.8. The van der Waals surface area contributed by atoms with Gasteiger partial charge in [0, 0.05) is 35.6 Å². The summed E-state index contributed by atoms with van der Waals surface area (Å²) in [4.78, 5) is 50.0. The first-order valence-corrected chi connectivity index (χ1v) is 9.86. The van der Waals surface area contributed by atoms with Crippen LogP contribution in [0.2, 0.25) is 5.02 Å². The van der Waals surface area contributed by atoms with Gasteiger partial charge in [-0.05, 0) is 35.7 Å². The largest absolute Gasteiger partial charge is 0.349 e. The van der Waals surface area contributed by atoms with E-state index in [0.29, 0.717) is 5.56 Å². The Kier molecular flexibility index (Phi) is 4.48. The monoisotopic (exact) mass is 465 g/mol. The Morgan fingerprint density at radius 2 is 2.06 bits per heavy atom. The maximum absolute atomic E-state index is 14.9. The molecule has 2 aromatic carbocycles. The highest BCUT2D eigenvalue weighted by molar-refractivity contribution is 6.30. The fourth-order valence-electron chi connectivity index (χ4n) is 3.54. The minimum absolute atomic E-state index is 0.00737. The van der Waals surface area contributed by atoms with E-state index >= 15 is 0 Å². The van der Waals surface area contributed by atoms with Crippen LogP contribution in [0.25, 0.3) is 0 Å². The topological polar surface area (TPSA) is 95.6 Å². The van der Waals surface area contributed by atoms with Crippen LogP contribution in [-0.4, -0.2) is 34.6 Å². The van der Waals surface area contributed by atoms with Crippen LogP contribution in [0, 0.1) is 0 Å². The number of nitrogens with one attached hydrogen (secondary N) is 2. The third kappa shape index (κ3) is 4.08. The summed E-state index contributed by atoms with van der Waals surface area (Å²) in [6.45, 7) is -1.70. The quantitative estimate of drug-likeness (QED) is 0.663. The molecular weight excluding hydrogens is 444 g/mol. The third-order valence-electron chi connectivity index (χ3n) is 5.17. The molecule has 1 saturated heterocycles. The number of alkyl halides is 2. The van der Waals surface area contributed by atoms with Gasteiger partial charge in [-0.15, -0.1) is 0 Å². The van der Waals surface area contributed by atoms with E-state index in [2.05, 4.69) is 5.32 Å². The molecule has 0 bridgehead atoms. The van der Waals surface area contributed by atoms with E-state index in [0.717, 1.165) is 6.07 Å². The molecule has 2 aliphatic rings. The van der Waals surface area contributed by atoms with Crippen LogP contribution in [0.1, 0.15) is 45.4 Å². The van der Waals surface area contributed by atoms with Gasteiger partial charge in [0.05, 0.1) is 5.48 Å². The SMILES string of the molecule is [2H]c1cc(Cl)c([2H])c([2H])c1C(F)(F)C(=O)NC([2H])c1ccc2c(c1)CN(C1CCC(=O)NC1=O)C2=O. The van der Waals surface area contributed by atoms with Gasteiger partial charge in [0.2, 0.25) is 11.8 Å². The Morgan fingerprint density at radius 3 is 2.81 bits per heavy atom. The smallest absolute Gasteiger partial charge is 0.346 e. The molecule has 2 aliphatic heterocycles. The highest BCUT2D eigenvalue weighted by atomic mass is 35.5. The van der Waals surface area contributed by atoms with E-state index < -0.39 is 65.8 Å². The number of fused-ring (bicyclic) bond motifs is 1. The lowest BCUT2D eigenvalue weighted by atomic mass is 10.0. The Bertz CT molecular complexity index is 1330. The molecule has 2 aromatic rings. The van der Waals surface area contributed by atoms with E-state index in [4.69, 9.17) is 17.1 Å². The summed E-state index contributed by atoms with van der Waals surface area (Å²) in [5.74, 6) is -7.83. The van der Waals surface area contributed by atoms with Crippen LogP contribution in [0.4, 0.5) is 8.78 Å². The number of carbonyl (C=O) groups is 4. The van der Waals surface area contributed by atoms with E-state index in [1.807, 2.05) is 5.32 Å². The molecule has 10 heteroatoms. The molecule has 1 fully saturated rings. The molecule has 2 N–H and O–H groups in total. The normalized spacial score (nSPS) is 21.2. The number of amides is 4. The molecular formula is C22H18ClF2N3O4. The molecule has 2 atom stereocenters. The van der Waals surface area contributed by atoms with Gasteiger partial charge in [-0.1, -0.05) is 35.8 Å². The van der Waals surface area contributed by atoms with E-state index in [-0.39, 0.29) is 35.5 Å². The summed E-state index contributed by atoms with van der Waals surface area (Å²) in [6.07, 6.45) is 0.233. The number of halogens is 3. The standard InChI is InChI=1S/C22H18ClF2N3O4/c23-15-4-2-14(3-5-15)22(24,25)21(32)26-10-12-1-6-16-13(9-12)11-28(20(16)31)17-7-8-18(29)27-19(17)30/h1-6,9,17H,7-8,10-11H2,(H,26,32)(H,27,29,30)/i2D,3D,4D,10D. The van der Waals surface area contributed by atoms with E-state index in [1.165, 1.54) is 23.1 Å². The molecule has 7 nitrogen and oxygen atoms in total. The van der Waals surface area contributed by atoms with Crippen molar-refractivity contribution in [3.05, 3.63) is 69.7 Å². The Morgan fingerprint density at radius 1 is 1.28 bits per heavy atom. The summed E-state index contributed by atoms with van der Waals surface area (Å²) in [5.41, 5.74) is -0.570. The van der Waals surface area contributed by atoms with Crippen LogP contribution < -0.4 is 10.6 Å². The van der Waals surface area contributed by atoms with E-state index in [9.17, 15) is 28.0 Å². The minimum Gasteiger partial charge on any atom is -0.346 e. The fourth-order valence-corrected chi connectivity index (χ4v) is 3.64. The number of benzene rings is 2. The zero-order valence-electron chi connectivity index (χ0n) is 20.3. The average molecular weight is 466 g/mol. The second-order valence-corrected chi connectivity index (χ2v) is 7.68. The Hall–Kier alpha value is -3.33.